The first-order valence-corrected chi connectivity index (χ1v) is 12.4. The Labute approximate surface area is 201 Å². The Morgan fingerprint density at radius 1 is 1.12 bits per heavy atom. The summed E-state index contributed by atoms with van der Waals surface area (Å²) in [6.45, 7) is 5.27. The van der Waals surface area contributed by atoms with Gasteiger partial charge in [0.15, 0.2) is 16.7 Å². The van der Waals surface area contributed by atoms with Gasteiger partial charge in [0.1, 0.15) is 13.1 Å². The van der Waals surface area contributed by atoms with E-state index in [-0.39, 0.29) is 24.0 Å². The largest absolute Gasteiger partial charge is 0.454 e. The molecule has 3 aromatic rings. The standard InChI is InChI=1S/C24H26N4O5S/c29-22(25-17-6-7-20-21(14-17)33-16-32-20)15-34-24-26-19-5-2-1-4-18(19)23(30)28(24)9-3-8-27-10-12-31-13-11-27/h1-2,4-7,14H,3,8-13,15-16H2,(H,25,29)/p+1. The molecule has 178 valence electrons. The predicted octanol–water partition coefficient (Wildman–Crippen LogP) is 1.16. The molecule has 5 rings (SSSR count). The van der Waals surface area contributed by atoms with Gasteiger partial charge in [-0.15, -0.1) is 0 Å². The van der Waals surface area contributed by atoms with Gasteiger partial charge in [0.25, 0.3) is 5.56 Å². The van der Waals surface area contributed by atoms with Crippen molar-refractivity contribution in [1.29, 1.82) is 0 Å². The Morgan fingerprint density at radius 3 is 2.82 bits per heavy atom. The summed E-state index contributed by atoms with van der Waals surface area (Å²) >= 11 is 1.27. The fourth-order valence-corrected chi connectivity index (χ4v) is 4.98. The van der Waals surface area contributed by atoms with E-state index >= 15 is 0 Å². The van der Waals surface area contributed by atoms with E-state index in [2.05, 4.69) is 5.32 Å². The molecule has 2 aliphatic rings. The molecule has 2 aliphatic heterocycles. The maximum atomic E-state index is 13.2. The molecule has 0 unspecified atom stereocenters. The lowest BCUT2D eigenvalue weighted by atomic mass is 10.2. The van der Waals surface area contributed by atoms with Crippen molar-refractivity contribution in [2.24, 2.45) is 0 Å². The SMILES string of the molecule is O=C(CSc1nc2ccccc2c(=O)n1CCC[NH+]1CCOCC1)Nc1ccc2c(c1)OCO2. The molecule has 0 saturated carbocycles. The number of morpholine rings is 1. The molecular formula is C24H27N4O5S+. The molecule has 1 amide bonds. The molecule has 0 bridgehead atoms. The van der Waals surface area contributed by atoms with E-state index in [0.29, 0.717) is 39.8 Å². The molecule has 2 N–H and O–H groups in total. The third-order valence-electron chi connectivity index (χ3n) is 5.93. The van der Waals surface area contributed by atoms with Crippen LogP contribution in [0.2, 0.25) is 0 Å². The average Bonchev–Trinajstić information content (AvgIpc) is 3.33. The second kappa shape index (κ2) is 10.5. The second-order valence-electron chi connectivity index (χ2n) is 8.24. The number of quaternary nitrogens is 1. The Balaban J connectivity index is 1.28. The van der Waals surface area contributed by atoms with Crippen LogP contribution in [-0.2, 0) is 16.1 Å². The Bertz CT molecular complexity index is 1240. The molecule has 0 spiro atoms. The molecule has 10 heteroatoms. The number of nitrogens with zero attached hydrogens (tertiary/aromatic N) is 2. The van der Waals surface area contributed by atoms with E-state index in [1.807, 2.05) is 18.2 Å². The van der Waals surface area contributed by atoms with Crippen LogP contribution in [0.1, 0.15) is 6.42 Å². The van der Waals surface area contributed by atoms with Crippen molar-refractivity contribution < 1.29 is 23.9 Å². The molecule has 1 fully saturated rings. The summed E-state index contributed by atoms with van der Waals surface area (Å²) in [6, 6.07) is 12.6. The lowest BCUT2D eigenvalue weighted by molar-refractivity contribution is -0.908. The number of anilines is 1. The van der Waals surface area contributed by atoms with Gasteiger partial charge in [-0.2, -0.15) is 0 Å². The number of rotatable bonds is 8. The fourth-order valence-electron chi connectivity index (χ4n) is 4.15. The third kappa shape index (κ3) is 5.19. The van der Waals surface area contributed by atoms with Crippen LogP contribution in [-0.4, -0.2) is 60.9 Å². The normalized spacial score (nSPS) is 15.5. The first kappa shape index (κ1) is 22.7. The molecule has 0 radical (unpaired) electrons. The zero-order valence-corrected chi connectivity index (χ0v) is 19.6. The van der Waals surface area contributed by atoms with Crippen LogP contribution in [0.3, 0.4) is 0 Å². The lowest BCUT2D eigenvalue weighted by Gasteiger charge is -2.24. The Hall–Kier alpha value is -3.08. The van der Waals surface area contributed by atoms with Gasteiger partial charge in [0, 0.05) is 24.7 Å². The van der Waals surface area contributed by atoms with Crippen LogP contribution in [0.15, 0.2) is 52.4 Å². The van der Waals surface area contributed by atoms with Crippen molar-refractivity contribution in [3.05, 3.63) is 52.8 Å². The molecule has 34 heavy (non-hydrogen) atoms. The van der Waals surface area contributed by atoms with Crippen molar-refractivity contribution in [2.45, 2.75) is 18.1 Å². The Kier molecular flexibility index (Phi) is 6.98. The van der Waals surface area contributed by atoms with Gasteiger partial charge >= 0.3 is 0 Å². The van der Waals surface area contributed by atoms with E-state index in [1.165, 1.54) is 16.7 Å². The van der Waals surface area contributed by atoms with Crippen LogP contribution >= 0.6 is 11.8 Å². The molecule has 2 aromatic carbocycles. The first-order valence-electron chi connectivity index (χ1n) is 11.4. The van der Waals surface area contributed by atoms with Gasteiger partial charge < -0.3 is 24.4 Å². The third-order valence-corrected chi connectivity index (χ3v) is 6.90. The molecule has 9 nitrogen and oxygen atoms in total. The topological polar surface area (TPSA) is 96.1 Å². The van der Waals surface area contributed by atoms with E-state index < -0.39 is 0 Å². The first-order chi connectivity index (χ1) is 16.7. The van der Waals surface area contributed by atoms with Crippen molar-refractivity contribution in [3.8, 4) is 11.5 Å². The van der Waals surface area contributed by atoms with Gasteiger partial charge in [-0.25, -0.2) is 4.98 Å². The highest BCUT2D eigenvalue weighted by atomic mass is 32.2. The number of amides is 1. The van der Waals surface area contributed by atoms with Crippen LogP contribution in [0, 0.1) is 0 Å². The van der Waals surface area contributed by atoms with E-state index in [0.717, 1.165) is 39.3 Å². The summed E-state index contributed by atoms with van der Waals surface area (Å²) in [4.78, 5) is 32.1. The average molecular weight is 484 g/mol. The number of aromatic nitrogens is 2. The van der Waals surface area contributed by atoms with E-state index in [9.17, 15) is 9.59 Å². The van der Waals surface area contributed by atoms with Crippen LogP contribution in [0.25, 0.3) is 10.9 Å². The minimum absolute atomic E-state index is 0.0683. The summed E-state index contributed by atoms with van der Waals surface area (Å²) in [5, 5.41) is 4.02. The number of carbonyl (C=O) groups is 1. The van der Waals surface area contributed by atoms with Crippen LogP contribution in [0.4, 0.5) is 5.69 Å². The zero-order chi connectivity index (χ0) is 23.3. The summed E-state index contributed by atoms with van der Waals surface area (Å²) in [5.41, 5.74) is 1.20. The van der Waals surface area contributed by atoms with Gasteiger partial charge in [0.05, 0.1) is 36.4 Å². The van der Waals surface area contributed by atoms with Gasteiger partial charge in [-0.1, -0.05) is 23.9 Å². The quantitative estimate of drug-likeness (QED) is 0.367. The second-order valence-corrected chi connectivity index (χ2v) is 9.18. The molecule has 3 heterocycles. The van der Waals surface area contributed by atoms with Crippen molar-refractivity contribution in [3.63, 3.8) is 0 Å². The van der Waals surface area contributed by atoms with E-state index in [4.69, 9.17) is 19.2 Å². The Morgan fingerprint density at radius 2 is 1.94 bits per heavy atom. The number of ether oxygens (including phenoxy) is 3. The summed E-state index contributed by atoms with van der Waals surface area (Å²) in [6.07, 6.45) is 0.853. The minimum atomic E-state index is -0.185. The number of hydrogen-bond acceptors (Lipinski definition) is 7. The lowest BCUT2D eigenvalue weighted by Crippen LogP contribution is -3.14. The predicted molar refractivity (Wildman–Crippen MR) is 129 cm³/mol. The number of hydrogen-bond donors (Lipinski definition) is 2. The molecule has 1 saturated heterocycles. The van der Waals surface area contributed by atoms with Crippen molar-refractivity contribution in [2.75, 3.05) is 50.7 Å². The highest BCUT2D eigenvalue weighted by molar-refractivity contribution is 7.99. The maximum Gasteiger partial charge on any atom is 0.262 e. The highest BCUT2D eigenvalue weighted by Crippen LogP contribution is 2.34. The van der Waals surface area contributed by atoms with Crippen molar-refractivity contribution in [1.82, 2.24) is 9.55 Å². The molecular weight excluding hydrogens is 456 g/mol. The molecule has 1 aromatic heterocycles. The van der Waals surface area contributed by atoms with Crippen molar-refractivity contribution >= 4 is 34.3 Å². The van der Waals surface area contributed by atoms with Gasteiger partial charge in [-0.05, 0) is 24.3 Å². The number of para-hydroxylation sites is 1. The fraction of sp³-hybridized carbons (Fsp3) is 0.375. The summed E-state index contributed by atoms with van der Waals surface area (Å²) < 4.78 is 17.8. The number of thioether (sulfide) groups is 1. The molecule has 0 aliphatic carbocycles. The van der Waals surface area contributed by atoms with Crippen LogP contribution in [0.5, 0.6) is 11.5 Å². The van der Waals surface area contributed by atoms with Gasteiger partial charge in [0.2, 0.25) is 12.7 Å². The molecule has 0 atom stereocenters. The van der Waals surface area contributed by atoms with Crippen LogP contribution < -0.4 is 25.2 Å². The maximum absolute atomic E-state index is 13.2. The number of carbonyl (C=O) groups excluding carboxylic acids is 1. The van der Waals surface area contributed by atoms with Gasteiger partial charge in [-0.3, -0.25) is 14.2 Å². The van der Waals surface area contributed by atoms with E-state index in [1.54, 1.807) is 28.8 Å². The minimum Gasteiger partial charge on any atom is -0.454 e. The summed E-state index contributed by atoms with van der Waals surface area (Å²) in [5.74, 6) is 1.22. The number of fused-ring (bicyclic) bond motifs is 2. The number of nitrogens with one attached hydrogen (secondary N) is 2. The monoisotopic (exact) mass is 483 g/mol. The highest BCUT2D eigenvalue weighted by Gasteiger charge is 2.17. The zero-order valence-electron chi connectivity index (χ0n) is 18.7. The smallest absolute Gasteiger partial charge is 0.262 e. The number of benzene rings is 2. The summed E-state index contributed by atoms with van der Waals surface area (Å²) in [7, 11) is 0.